The molecule has 8 heavy (non-hydrogen) atoms. The average Bonchev–Trinajstić information content (AvgIpc) is 1.64. The van der Waals surface area contributed by atoms with Crippen LogP contribution in [0.5, 0.6) is 0 Å². The van der Waals surface area contributed by atoms with E-state index in [0.717, 1.165) is 6.61 Å². The second-order valence-corrected chi connectivity index (χ2v) is 2.80. The summed E-state index contributed by atoms with van der Waals surface area (Å²) in [6.07, 6.45) is 3.74. The maximum absolute atomic E-state index is 5.36. The van der Waals surface area contributed by atoms with Crippen LogP contribution in [0, 0.1) is 0 Å². The summed E-state index contributed by atoms with van der Waals surface area (Å²) >= 11 is 0. The second kappa shape index (κ2) is 2.06. The molecule has 0 amide bonds. The summed E-state index contributed by atoms with van der Waals surface area (Å²) in [6.45, 7) is 5.38. The zero-order valence-electron chi connectivity index (χ0n) is 5.74. The number of hydrogen-bond donors (Lipinski definition) is 0. The molecule has 1 heteroatoms. The summed E-state index contributed by atoms with van der Waals surface area (Å²) in [4.78, 5) is 0. The minimum Gasteiger partial charge on any atom is -0.375 e. The fourth-order valence-electron chi connectivity index (χ4n) is 1.18. The summed E-state index contributed by atoms with van der Waals surface area (Å²) < 4.78 is 5.36. The molecule has 1 aliphatic heterocycles. The molecule has 0 aliphatic carbocycles. The van der Waals surface area contributed by atoms with Crippen LogP contribution in [0.2, 0.25) is 0 Å². The number of ether oxygens (including phenoxy) is 1. The van der Waals surface area contributed by atoms with E-state index in [1.54, 1.807) is 0 Å². The molecule has 0 aromatic heterocycles. The number of hydrogen-bond acceptors (Lipinski definition) is 1. The minimum absolute atomic E-state index is 0.273. The first-order valence-electron chi connectivity index (χ1n) is 3.41. The maximum atomic E-state index is 5.36. The molecule has 0 bridgehead atoms. The maximum Gasteiger partial charge on any atom is 0.0676 e. The molecule has 0 aromatic carbocycles. The Bertz CT molecular complexity index is 74.5. The minimum atomic E-state index is 0.273. The summed E-state index contributed by atoms with van der Waals surface area (Å²) in [5.74, 6) is 0. The molecule has 1 fully saturated rings. The van der Waals surface area contributed by atoms with Crippen LogP contribution < -0.4 is 0 Å². The van der Waals surface area contributed by atoms with Gasteiger partial charge < -0.3 is 4.74 Å². The van der Waals surface area contributed by atoms with Gasteiger partial charge in [-0.15, -0.1) is 0 Å². The molecule has 1 aliphatic rings. The van der Waals surface area contributed by atoms with Gasteiger partial charge in [-0.2, -0.15) is 0 Å². The molecule has 1 nitrogen and oxygen atoms in total. The van der Waals surface area contributed by atoms with Crippen molar-refractivity contribution < 1.29 is 4.74 Å². The predicted octanol–water partition coefficient (Wildman–Crippen LogP) is 1.97. The molecule has 48 valence electrons. The highest BCUT2D eigenvalue weighted by Gasteiger charge is 2.31. The van der Waals surface area contributed by atoms with Crippen molar-refractivity contribution in [2.75, 3.05) is 6.61 Å². The summed E-state index contributed by atoms with van der Waals surface area (Å²) in [5, 5.41) is 0. The van der Waals surface area contributed by atoms with E-state index in [2.05, 4.69) is 13.8 Å². The molecular formula is C7H14O. The smallest absolute Gasteiger partial charge is 0.0676 e. The third-order valence-corrected chi connectivity index (χ3v) is 1.86. The van der Waals surface area contributed by atoms with Crippen molar-refractivity contribution in [1.82, 2.24) is 0 Å². The largest absolute Gasteiger partial charge is 0.375 e. The van der Waals surface area contributed by atoms with Crippen LogP contribution >= 0.6 is 0 Å². The predicted molar refractivity (Wildman–Crippen MR) is 33.9 cm³/mol. The van der Waals surface area contributed by atoms with Gasteiger partial charge in [0.1, 0.15) is 0 Å². The Morgan fingerprint density at radius 1 is 1.62 bits per heavy atom. The van der Waals surface area contributed by atoms with Gasteiger partial charge in [-0.3, -0.25) is 0 Å². The monoisotopic (exact) mass is 114 g/mol. The van der Waals surface area contributed by atoms with Crippen molar-refractivity contribution in [3.63, 3.8) is 0 Å². The SMILES string of the molecule is CCCC1(C)CCO1. The van der Waals surface area contributed by atoms with Gasteiger partial charge in [0.2, 0.25) is 0 Å². The first kappa shape index (κ1) is 6.09. The number of rotatable bonds is 2. The molecule has 0 saturated carbocycles. The Morgan fingerprint density at radius 3 is 2.38 bits per heavy atom. The van der Waals surface area contributed by atoms with Crippen LogP contribution in [-0.2, 0) is 4.74 Å². The van der Waals surface area contributed by atoms with E-state index in [-0.39, 0.29) is 5.60 Å². The van der Waals surface area contributed by atoms with Crippen molar-refractivity contribution >= 4 is 0 Å². The van der Waals surface area contributed by atoms with E-state index in [0.29, 0.717) is 0 Å². The lowest BCUT2D eigenvalue weighted by atomic mass is 9.92. The highest BCUT2D eigenvalue weighted by atomic mass is 16.5. The van der Waals surface area contributed by atoms with Crippen molar-refractivity contribution in [1.29, 1.82) is 0 Å². The van der Waals surface area contributed by atoms with Crippen LogP contribution in [0.15, 0.2) is 0 Å². The fourth-order valence-corrected chi connectivity index (χ4v) is 1.18. The van der Waals surface area contributed by atoms with Crippen molar-refractivity contribution in [2.24, 2.45) is 0 Å². The van der Waals surface area contributed by atoms with E-state index in [1.807, 2.05) is 0 Å². The Morgan fingerprint density at radius 2 is 2.25 bits per heavy atom. The van der Waals surface area contributed by atoms with Gasteiger partial charge in [-0.25, -0.2) is 0 Å². The van der Waals surface area contributed by atoms with E-state index >= 15 is 0 Å². The highest BCUT2D eigenvalue weighted by Crippen LogP contribution is 2.29. The second-order valence-electron chi connectivity index (χ2n) is 2.80. The molecule has 1 atom stereocenters. The highest BCUT2D eigenvalue weighted by molar-refractivity contribution is 4.81. The van der Waals surface area contributed by atoms with Gasteiger partial charge in [0.05, 0.1) is 12.2 Å². The van der Waals surface area contributed by atoms with E-state index < -0.39 is 0 Å². The first-order chi connectivity index (χ1) is 3.77. The first-order valence-corrected chi connectivity index (χ1v) is 3.41. The van der Waals surface area contributed by atoms with Crippen LogP contribution in [0.3, 0.4) is 0 Å². The molecule has 1 heterocycles. The van der Waals surface area contributed by atoms with Crippen LogP contribution in [0.1, 0.15) is 33.1 Å². The van der Waals surface area contributed by atoms with Crippen molar-refractivity contribution in [2.45, 2.75) is 38.7 Å². The van der Waals surface area contributed by atoms with Gasteiger partial charge in [0, 0.05) is 0 Å². The standard InChI is InChI=1S/C7H14O/c1-3-4-7(2)5-6-8-7/h3-6H2,1-2H3. The molecule has 1 rings (SSSR count). The zero-order valence-corrected chi connectivity index (χ0v) is 5.74. The Hall–Kier alpha value is -0.0400. The van der Waals surface area contributed by atoms with E-state index in [1.165, 1.54) is 19.3 Å². The molecular weight excluding hydrogens is 100 g/mol. The fraction of sp³-hybridized carbons (Fsp3) is 1.00. The average molecular weight is 114 g/mol. The molecule has 0 spiro atoms. The van der Waals surface area contributed by atoms with Gasteiger partial charge in [0.25, 0.3) is 0 Å². The third kappa shape index (κ3) is 1.03. The van der Waals surface area contributed by atoms with Crippen molar-refractivity contribution in [3.8, 4) is 0 Å². The zero-order chi connectivity index (χ0) is 6.04. The van der Waals surface area contributed by atoms with Gasteiger partial charge in [-0.1, -0.05) is 13.3 Å². The lowest BCUT2D eigenvalue weighted by Gasteiger charge is -2.38. The molecule has 0 radical (unpaired) electrons. The van der Waals surface area contributed by atoms with Gasteiger partial charge in [0.15, 0.2) is 0 Å². The van der Waals surface area contributed by atoms with Crippen LogP contribution in [0.4, 0.5) is 0 Å². The van der Waals surface area contributed by atoms with Gasteiger partial charge >= 0.3 is 0 Å². The Kier molecular flexibility index (Phi) is 1.57. The summed E-state index contributed by atoms with van der Waals surface area (Å²) in [5.41, 5.74) is 0.273. The Labute approximate surface area is 51.0 Å². The van der Waals surface area contributed by atoms with E-state index in [9.17, 15) is 0 Å². The lowest BCUT2D eigenvalue weighted by Crippen LogP contribution is -2.40. The molecule has 0 N–H and O–H groups in total. The molecule has 1 saturated heterocycles. The molecule has 1 unspecified atom stereocenters. The lowest BCUT2D eigenvalue weighted by molar-refractivity contribution is -0.138. The van der Waals surface area contributed by atoms with E-state index in [4.69, 9.17) is 4.74 Å². The van der Waals surface area contributed by atoms with Crippen LogP contribution in [-0.4, -0.2) is 12.2 Å². The van der Waals surface area contributed by atoms with Crippen LogP contribution in [0.25, 0.3) is 0 Å². The van der Waals surface area contributed by atoms with Crippen molar-refractivity contribution in [3.05, 3.63) is 0 Å². The molecule has 0 aromatic rings. The Balaban J connectivity index is 2.20. The summed E-state index contributed by atoms with van der Waals surface area (Å²) in [6, 6.07) is 0. The topological polar surface area (TPSA) is 9.23 Å². The quantitative estimate of drug-likeness (QED) is 0.533. The third-order valence-electron chi connectivity index (χ3n) is 1.86. The normalized spacial score (nSPS) is 36.8. The summed E-state index contributed by atoms with van der Waals surface area (Å²) in [7, 11) is 0. The van der Waals surface area contributed by atoms with Gasteiger partial charge in [-0.05, 0) is 19.8 Å².